The lowest BCUT2D eigenvalue weighted by atomic mass is 10.1. The molecule has 5 rings (SSSR count). The minimum absolute atomic E-state index is 0.156. The van der Waals surface area contributed by atoms with Gasteiger partial charge < -0.3 is 9.55 Å². The Morgan fingerprint density at radius 3 is 3.07 bits per heavy atom. The molecule has 0 saturated carbocycles. The molecule has 0 bridgehead atoms. The van der Waals surface area contributed by atoms with E-state index in [0.29, 0.717) is 5.65 Å². The van der Waals surface area contributed by atoms with Crippen molar-refractivity contribution in [1.29, 1.82) is 0 Å². The molecular formula is C18H14N8O. The van der Waals surface area contributed by atoms with Crippen LogP contribution in [-0.2, 0) is 11.3 Å². The lowest BCUT2D eigenvalue weighted by Gasteiger charge is -2.02. The first-order valence-corrected chi connectivity index (χ1v) is 8.30. The minimum atomic E-state index is -0.216. The summed E-state index contributed by atoms with van der Waals surface area (Å²) in [5.74, 6) is 0.0442. The van der Waals surface area contributed by atoms with Crippen molar-refractivity contribution < 1.29 is 4.79 Å². The molecule has 9 heteroatoms. The van der Waals surface area contributed by atoms with E-state index in [9.17, 15) is 4.79 Å². The van der Waals surface area contributed by atoms with E-state index in [1.807, 2.05) is 36.8 Å². The third-order valence-electron chi connectivity index (χ3n) is 4.20. The summed E-state index contributed by atoms with van der Waals surface area (Å²) in [6.45, 7) is 0.156. The number of carbonyl (C=O) groups excluding carboxylic acids is 1. The van der Waals surface area contributed by atoms with Gasteiger partial charge in [-0.1, -0.05) is 0 Å². The van der Waals surface area contributed by atoms with Crippen LogP contribution in [0.25, 0.3) is 27.8 Å². The van der Waals surface area contributed by atoms with E-state index in [1.54, 1.807) is 27.8 Å². The summed E-state index contributed by atoms with van der Waals surface area (Å²) < 4.78 is 3.32. The largest absolute Gasteiger partial charge is 0.346 e. The van der Waals surface area contributed by atoms with Crippen LogP contribution in [0.2, 0.25) is 0 Å². The van der Waals surface area contributed by atoms with Crippen LogP contribution in [0.1, 0.15) is 0 Å². The maximum atomic E-state index is 12.1. The Balaban J connectivity index is 1.41. The van der Waals surface area contributed by atoms with Gasteiger partial charge in [0.2, 0.25) is 11.9 Å². The number of amides is 1. The minimum Gasteiger partial charge on any atom is -0.346 e. The van der Waals surface area contributed by atoms with Gasteiger partial charge in [-0.05, 0) is 24.3 Å². The Bertz CT molecular complexity index is 1250. The summed E-state index contributed by atoms with van der Waals surface area (Å²) in [7, 11) is 0. The highest BCUT2D eigenvalue weighted by molar-refractivity contribution is 5.89. The summed E-state index contributed by atoms with van der Waals surface area (Å²) >= 11 is 0. The molecule has 0 fully saturated rings. The van der Waals surface area contributed by atoms with Crippen LogP contribution in [0.15, 0.2) is 61.6 Å². The molecule has 0 aliphatic heterocycles. The average molecular weight is 358 g/mol. The summed E-state index contributed by atoms with van der Waals surface area (Å²) in [4.78, 5) is 27.8. The monoisotopic (exact) mass is 358 g/mol. The van der Waals surface area contributed by atoms with Crippen LogP contribution in [0, 0.1) is 0 Å². The average Bonchev–Trinajstić information content (AvgIpc) is 3.40. The molecule has 0 aromatic carbocycles. The number of nitrogens with zero attached hydrogens (tertiary/aromatic N) is 6. The second kappa shape index (κ2) is 6.06. The van der Waals surface area contributed by atoms with Gasteiger partial charge in [0.15, 0.2) is 5.65 Å². The molecule has 0 saturated heterocycles. The number of imidazole rings is 1. The molecule has 5 heterocycles. The summed E-state index contributed by atoms with van der Waals surface area (Å²) in [6, 6.07) is 7.85. The quantitative estimate of drug-likeness (QED) is 0.512. The number of hydrogen-bond acceptors (Lipinski definition) is 5. The fraction of sp³-hybridized carbons (Fsp3) is 0.0556. The maximum absolute atomic E-state index is 12.1. The number of H-pyrrole nitrogens is 1. The van der Waals surface area contributed by atoms with Crippen molar-refractivity contribution in [1.82, 2.24) is 34.1 Å². The second-order valence-corrected chi connectivity index (χ2v) is 6.08. The zero-order valence-corrected chi connectivity index (χ0v) is 14.1. The summed E-state index contributed by atoms with van der Waals surface area (Å²) in [5, 5.41) is 8.09. The second-order valence-electron chi connectivity index (χ2n) is 6.08. The van der Waals surface area contributed by atoms with E-state index >= 15 is 0 Å². The number of anilines is 1. The first-order valence-electron chi connectivity index (χ1n) is 8.30. The predicted molar refractivity (Wildman–Crippen MR) is 98.9 cm³/mol. The molecular weight excluding hydrogens is 344 g/mol. The third-order valence-corrected chi connectivity index (χ3v) is 4.20. The van der Waals surface area contributed by atoms with Crippen molar-refractivity contribution in [2.24, 2.45) is 0 Å². The number of rotatable bonds is 4. The Morgan fingerprint density at radius 1 is 1.22 bits per heavy atom. The summed E-state index contributed by atoms with van der Waals surface area (Å²) in [6.07, 6.45) is 10.5. The fourth-order valence-corrected chi connectivity index (χ4v) is 2.91. The topological polar surface area (TPSA) is 106 Å². The van der Waals surface area contributed by atoms with E-state index < -0.39 is 0 Å². The number of fused-ring (bicyclic) bond motifs is 2. The molecule has 0 atom stereocenters. The van der Waals surface area contributed by atoms with E-state index in [2.05, 4.69) is 36.4 Å². The van der Waals surface area contributed by atoms with Crippen LogP contribution < -0.4 is 5.32 Å². The Kier molecular flexibility index (Phi) is 3.42. The SMILES string of the molecule is O=C(Cn1ccnc1)Nc1nc2ccc(-c3cnc4[nH]ccc4c3)cn2n1. The van der Waals surface area contributed by atoms with E-state index in [-0.39, 0.29) is 18.4 Å². The number of aromatic nitrogens is 7. The fourth-order valence-electron chi connectivity index (χ4n) is 2.91. The molecule has 0 spiro atoms. The van der Waals surface area contributed by atoms with Crippen LogP contribution in [0.3, 0.4) is 0 Å². The first kappa shape index (κ1) is 15.3. The Labute approximate surface area is 152 Å². The van der Waals surface area contributed by atoms with Gasteiger partial charge in [0.05, 0.1) is 6.33 Å². The highest BCUT2D eigenvalue weighted by atomic mass is 16.2. The molecule has 132 valence electrons. The molecule has 0 radical (unpaired) electrons. The first-order chi connectivity index (χ1) is 13.2. The number of hydrogen-bond donors (Lipinski definition) is 2. The van der Waals surface area contributed by atoms with Gasteiger partial charge in [0, 0.05) is 47.5 Å². The number of aromatic amines is 1. The van der Waals surface area contributed by atoms with Crippen molar-refractivity contribution in [2.75, 3.05) is 5.32 Å². The van der Waals surface area contributed by atoms with Gasteiger partial charge in [0.25, 0.3) is 0 Å². The van der Waals surface area contributed by atoms with Gasteiger partial charge >= 0.3 is 0 Å². The van der Waals surface area contributed by atoms with Crippen molar-refractivity contribution in [3.63, 3.8) is 0 Å². The van der Waals surface area contributed by atoms with Gasteiger partial charge in [0.1, 0.15) is 12.2 Å². The highest BCUT2D eigenvalue weighted by Gasteiger charge is 2.10. The molecule has 0 unspecified atom stereocenters. The molecule has 0 aliphatic carbocycles. The lowest BCUT2D eigenvalue weighted by molar-refractivity contribution is -0.116. The number of nitrogens with one attached hydrogen (secondary N) is 2. The molecule has 9 nitrogen and oxygen atoms in total. The molecule has 5 aromatic heterocycles. The van der Waals surface area contributed by atoms with Gasteiger partial charge in [-0.15, -0.1) is 5.10 Å². The zero-order valence-electron chi connectivity index (χ0n) is 14.1. The van der Waals surface area contributed by atoms with Crippen molar-refractivity contribution in [3.05, 3.63) is 61.6 Å². The van der Waals surface area contributed by atoms with E-state index in [4.69, 9.17) is 0 Å². The van der Waals surface area contributed by atoms with Gasteiger partial charge in [-0.2, -0.15) is 4.98 Å². The standard InChI is InChI=1S/C18H14N8O/c27-16(10-25-6-5-19-11-25)23-18-22-15-2-1-13(9-26(15)24-18)14-7-12-3-4-20-17(12)21-8-14/h1-9,11H,10H2,(H,20,21)(H,23,24,27). The van der Waals surface area contributed by atoms with Crippen molar-refractivity contribution >= 4 is 28.5 Å². The Hall–Kier alpha value is -4.01. The van der Waals surface area contributed by atoms with E-state index in [1.165, 1.54) is 0 Å². The molecule has 1 amide bonds. The van der Waals surface area contributed by atoms with Gasteiger partial charge in [-0.3, -0.25) is 10.1 Å². The number of carbonyl (C=O) groups is 1. The maximum Gasteiger partial charge on any atom is 0.249 e. The predicted octanol–water partition coefficient (Wildman–Crippen LogP) is 2.11. The van der Waals surface area contributed by atoms with Crippen LogP contribution in [-0.4, -0.2) is 40.0 Å². The van der Waals surface area contributed by atoms with Crippen LogP contribution in [0.4, 0.5) is 5.95 Å². The molecule has 5 aromatic rings. The van der Waals surface area contributed by atoms with Crippen LogP contribution >= 0.6 is 0 Å². The van der Waals surface area contributed by atoms with Gasteiger partial charge in [-0.25, -0.2) is 14.5 Å². The molecule has 0 aliphatic rings. The molecule has 27 heavy (non-hydrogen) atoms. The van der Waals surface area contributed by atoms with Crippen molar-refractivity contribution in [3.8, 4) is 11.1 Å². The third kappa shape index (κ3) is 2.91. The zero-order chi connectivity index (χ0) is 18.2. The van der Waals surface area contributed by atoms with E-state index in [0.717, 1.165) is 22.2 Å². The highest BCUT2D eigenvalue weighted by Crippen LogP contribution is 2.22. The lowest BCUT2D eigenvalue weighted by Crippen LogP contribution is -2.18. The summed E-state index contributed by atoms with van der Waals surface area (Å²) in [5.41, 5.74) is 3.43. The van der Waals surface area contributed by atoms with Crippen LogP contribution in [0.5, 0.6) is 0 Å². The number of pyridine rings is 2. The normalized spacial score (nSPS) is 11.3. The Morgan fingerprint density at radius 2 is 2.19 bits per heavy atom. The van der Waals surface area contributed by atoms with Crippen molar-refractivity contribution in [2.45, 2.75) is 6.54 Å². The molecule has 2 N–H and O–H groups in total. The smallest absolute Gasteiger partial charge is 0.249 e.